The molecule has 0 aliphatic carbocycles. The van der Waals surface area contributed by atoms with Crippen LogP contribution in [0, 0.1) is 0 Å². The van der Waals surface area contributed by atoms with Crippen molar-refractivity contribution in [1.29, 1.82) is 0 Å². The van der Waals surface area contributed by atoms with Crippen molar-refractivity contribution in [1.82, 2.24) is 5.43 Å². The predicted molar refractivity (Wildman–Crippen MR) is 21.3 cm³/mol. The monoisotopic (exact) mass is 86.0 g/mol. The summed E-state index contributed by atoms with van der Waals surface area (Å²) in [6, 6.07) is 0. The van der Waals surface area contributed by atoms with E-state index in [0.29, 0.717) is 0 Å². The van der Waals surface area contributed by atoms with Crippen LogP contribution < -0.4 is 11.3 Å². The highest BCUT2D eigenvalue weighted by Crippen LogP contribution is 1.98. The smallest absolute Gasteiger partial charge is 0.183 e. The summed E-state index contributed by atoms with van der Waals surface area (Å²) in [5.74, 6) is 4.91. The molecule has 3 heteroatoms. The van der Waals surface area contributed by atoms with Gasteiger partial charge >= 0.3 is 0 Å². The molecule has 0 aromatic carbocycles. The van der Waals surface area contributed by atoms with Gasteiger partial charge in [-0.3, -0.25) is 5.84 Å². The molecule has 0 saturated carbocycles. The highest BCUT2D eigenvalue weighted by atomic mass is 16.5. The van der Waals surface area contributed by atoms with E-state index in [-0.39, 0.29) is 6.23 Å². The molecule has 34 valence electrons. The number of ether oxygens (including phenoxy) is 1. The molecule has 1 heterocycles. The van der Waals surface area contributed by atoms with Crippen molar-refractivity contribution in [3.63, 3.8) is 0 Å². The molecule has 0 aromatic heterocycles. The minimum atomic E-state index is -0.0370. The fourth-order valence-electron chi connectivity index (χ4n) is 0.252. The average Bonchev–Trinajstić information content (AvgIpc) is 1.31. The molecule has 1 unspecified atom stereocenters. The van der Waals surface area contributed by atoms with Gasteiger partial charge in [0.1, 0.15) is 0 Å². The molecule has 0 amide bonds. The zero-order chi connectivity index (χ0) is 4.41. The molecule has 3 nitrogen and oxygen atoms in total. The van der Waals surface area contributed by atoms with E-state index in [2.05, 4.69) is 10.2 Å². The van der Waals surface area contributed by atoms with Crippen LogP contribution in [0.4, 0.5) is 0 Å². The number of nitrogens with one attached hydrogen (secondary N) is 1. The normalized spacial score (nSPS) is 28.5. The Labute approximate surface area is 35.7 Å². The molecule has 1 aliphatic rings. The van der Waals surface area contributed by atoms with Gasteiger partial charge in [0.15, 0.2) is 6.23 Å². The number of hydrogen-bond donors (Lipinski definition) is 2. The van der Waals surface area contributed by atoms with Crippen molar-refractivity contribution in [2.45, 2.75) is 6.23 Å². The van der Waals surface area contributed by atoms with Crippen molar-refractivity contribution >= 4 is 0 Å². The van der Waals surface area contributed by atoms with Gasteiger partial charge in [-0.25, -0.2) is 5.43 Å². The first-order valence-corrected chi connectivity index (χ1v) is 1.72. The topological polar surface area (TPSA) is 47.3 Å². The van der Waals surface area contributed by atoms with Crippen molar-refractivity contribution in [3.8, 4) is 0 Å². The van der Waals surface area contributed by atoms with Crippen LogP contribution in [0.3, 0.4) is 0 Å². The van der Waals surface area contributed by atoms with Crippen LogP contribution in [0.25, 0.3) is 0 Å². The molecule has 0 radical (unpaired) electrons. The summed E-state index contributed by atoms with van der Waals surface area (Å²) < 4.78 is 4.66. The van der Waals surface area contributed by atoms with Crippen LogP contribution in [0.2, 0.25) is 0 Å². The Morgan fingerprint density at radius 3 is 2.50 bits per heavy atom. The van der Waals surface area contributed by atoms with Gasteiger partial charge in [0.25, 0.3) is 0 Å². The zero-order valence-corrected chi connectivity index (χ0v) is 3.22. The first-order chi connectivity index (χ1) is 2.93. The maximum absolute atomic E-state index is 4.91. The summed E-state index contributed by atoms with van der Waals surface area (Å²) in [6.07, 6.45) is 3.37. The second kappa shape index (κ2) is 1.28. The van der Waals surface area contributed by atoms with Gasteiger partial charge in [-0.05, 0) is 0 Å². The maximum atomic E-state index is 4.91. The molecule has 1 aliphatic heterocycles. The Hall–Kier alpha value is -0.540. The summed E-state index contributed by atoms with van der Waals surface area (Å²) in [5, 5.41) is 0. The molecule has 0 bridgehead atoms. The Morgan fingerprint density at radius 2 is 2.50 bits per heavy atom. The van der Waals surface area contributed by atoms with E-state index < -0.39 is 0 Å². The lowest BCUT2D eigenvalue weighted by Crippen LogP contribution is -2.38. The van der Waals surface area contributed by atoms with E-state index in [4.69, 9.17) is 5.84 Å². The zero-order valence-electron chi connectivity index (χ0n) is 3.22. The summed E-state index contributed by atoms with van der Waals surface area (Å²) in [4.78, 5) is 0. The predicted octanol–water partition coefficient (Wildman–Crippen LogP) is -0.680. The van der Waals surface area contributed by atoms with Crippen LogP contribution in [0.1, 0.15) is 0 Å². The Bertz CT molecular complexity index is 71.2. The van der Waals surface area contributed by atoms with Gasteiger partial charge in [-0.2, -0.15) is 0 Å². The molecule has 6 heavy (non-hydrogen) atoms. The molecular formula is C3H6N2O. The number of rotatable bonds is 1. The van der Waals surface area contributed by atoms with E-state index in [1.165, 1.54) is 0 Å². The SMILES string of the molecule is NNC1C=CO1. The maximum Gasteiger partial charge on any atom is 0.183 e. The fourth-order valence-corrected chi connectivity index (χ4v) is 0.252. The first kappa shape index (κ1) is 3.64. The van der Waals surface area contributed by atoms with Gasteiger partial charge in [-0.1, -0.05) is 0 Å². The largest absolute Gasteiger partial charge is 0.478 e. The Morgan fingerprint density at radius 1 is 1.83 bits per heavy atom. The minimum Gasteiger partial charge on any atom is -0.478 e. The third-order valence-corrected chi connectivity index (χ3v) is 0.643. The third-order valence-electron chi connectivity index (χ3n) is 0.643. The van der Waals surface area contributed by atoms with Crippen molar-refractivity contribution < 1.29 is 4.74 Å². The summed E-state index contributed by atoms with van der Waals surface area (Å²) >= 11 is 0. The molecule has 3 N–H and O–H groups in total. The van der Waals surface area contributed by atoms with E-state index >= 15 is 0 Å². The Kier molecular flexibility index (Phi) is 0.777. The summed E-state index contributed by atoms with van der Waals surface area (Å²) in [5.41, 5.74) is 2.39. The number of nitrogens with two attached hydrogens (primary N) is 1. The van der Waals surface area contributed by atoms with E-state index in [9.17, 15) is 0 Å². The van der Waals surface area contributed by atoms with Crippen LogP contribution >= 0.6 is 0 Å². The molecule has 0 saturated heterocycles. The Balaban J connectivity index is 2.21. The number of hydrogen-bond acceptors (Lipinski definition) is 3. The molecule has 1 atom stereocenters. The van der Waals surface area contributed by atoms with Crippen molar-refractivity contribution in [3.05, 3.63) is 12.3 Å². The molecule has 0 spiro atoms. The number of hydrazine groups is 1. The highest BCUT2D eigenvalue weighted by Gasteiger charge is 2.04. The lowest BCUT2D eigenvalue weighted by Gasteiger charge is -2.16. The summed E-state index contributed by atoms with van der Waals surface area (Å²) in [7, 11) is 0. The lowest BCUT2D eigenvalue weighted by atomic mass is 10.5. The quantitative estimate of drug-likeness (QED) is 0.328. The second-order valence-electron chi connectivity index (χ2n) is 1.05. The fraction of sp³-hybridized carbons (Fsp3) is 0.333. The van der Waals surface area contributed by atoms with E-state index in [1.807, 2.05) is 6.08 Å². The second-order valence-corrected chi connectivity index (χ2v) is 1.05. The van der Waals surface area contributed by atoms with Gasteiger partial charge in [0.05, 0.1) is 6.26 Å². The molecular weight excluding hydrogens is 80.0 g/mol. The average molecular weight is 86.1 g/mol. The first-order valence-electron chi connectivity index (χ1n) is 1.72. The van der Waals surface area contributed by atoms with E-state index in [1.54, 1.807) is 6.26 Å². The van der Waals surface area contributed by atoms with Gasteiger partial charge < -0.3 is 4.74 Å². The van der Waals surface area contributed by atoms with Crippen LogP contribution in [-0.2, 0) is 4.74 Å². The van der Waals surface area contributed by atoms with Gasteiger partial charge in [-0.15, -0.1) is 0 Å². The molecule has 0 aromatic rings. The molecule has 0 fully saturated rings. The van der Waals surface area contributed by atoms with Gasteiger partial charge in [0.2, 0.25) is 0 Å². The van der Waals surface area contributed by atoms with Gasteiger partial charge in [0, 0.05) is 6.08 Å². The van der Waals surface area contributed by atoms with Crippen molar-refractivity contribution in [2.24, 2.45) is 5.84 Å². The highest BCUT2D eigenvalue weighted by molar-refractivity contribution is 4.91. The third kappa shape index (κ3) is 0.376. The standard InChI is InChI=1S/C3H6N2O/c4-5-3-1-2-6-3/h1-3,5H,4H2. The minimum absolute atomic E-state index is 0.0370. The van der Waals surface area contributed by atoms with Crippen LogP contribution in [0.15, 0.2) is 12.3 Å². The lowest BCUT2D eigenvalue weighted by molar-refractivity contribution is 0.109. The van der Waals surface area contributed by atoms with E-state index in [0.717, 1.165) is 0 Å². The van der Waals surface area contributed by atoms with Crippen LogP contribution in [-0.4, -0.2) is 6.23 Å². The molecule has 1 rings (SSSR count). The van der Waals surface area contributed by atoms with Crippen molar-refractivity contribution in [2.75, 3.05) is 0 Å². The van der Waals surface area contributed by atoms with Crippen LogP contribution in [0.5, 0.6) is 0 Å². The summed E-state index contributed by atoms with van der Waals surface area (Å²) in [6.45, 7) is 0.